The highest BCUT2D eigenvalue weighted by Crippen LogP contribution is 2.41. The molecule has 20 heavy (non-hydrogen) atoms. The number of anilines is 1. The Balaban J connectivity index is 2.17. The van der Waals surface area contributed by atoms with Crippen LogP contribution in [0.3, 0.4) is 0 Å². The summed E-state index contributed by atoms with van der Waals surface area (Å²) >= 11 is 0. The number of halogens is 1. The van der Waals surface area contributed by atoms with Gasteiger partial charge in [-0.15, -0.1) is 0 Å². The molecule has 1 aromatic heterocycles. The quantitative estimate of drug-likeness (QED) is 0.885. The normalized spacial score (nSPS) is 15.7. The number of nitrogens with two attached hydrogens (primary N) is 1. The molecule has 0 fully saturated rings. The highest BCUT2D eigenvalue weighted by molar-refractivity contribution is 5.78. The first kappa shape index (κ1) is 12.8. The number of hydrogen-bond donors (Lipinski definition) is 2. The topological polar surface area (TPSA) is 73.2 Å². The van der Waals surface area contributed by atoms with Crippen molar-refractivity contribution in [2.45, 2.75) is 19.5 Å². The first-order valence-electron chi connectivity index (χ1n) is 6.53. The van der Waals surface area contributed by atoms with E-state index in [2.05, 4.69) is 10.2 Å². The molecular weight excluding hydrogens is 261 g/mol. The number of ether oxygens (including phenoxy) is 2. The highest BCUT2D eigenvalue weighted by Gasteiger charge is 2.20. The molecule has 0 saturated heterocycles. The van der Waals surface area contributed by atoms with Gasteiger partial charge in [0.2, 0.25) is 0 Å². The van der Waals surface area contributed by atoms with E-state index in [-0.39, 0.29) is 0 Å². The maximum Gasteiger partial charge on any atom is 0.161 e. The van der Waals surface area contributed by atoms with Crippen LogP contribution >= 0.6 is 0 Å². The molecule has 1 aliphatic rings. The second kappa shape index (κ2) is 5.03. The van der Waals surface area contributed by atoms with E-state index in [9.17, 15) is 4.39 Å². The number of nitrogens with one attached hydrogen (secondary N) is 1. The SMILES string of the molecule is CC(F)c1cc2c(cc1-c1cn[nH]c1N)OCCCO2. The molecule has 2 heterocycles. The van der Waals surface area contributed by atoms with Crippen LogP contribution in [0.1, 0.15) is 25.1 Å². The third kappa shape index (κ3) is 2.17. The zero-order valence-electron chi connectivity index (χ0n) is 11.1. The Hall–Kier alpha value is -2.24. The molecule has 3 N–H and O–H groups in total. The molecule has 0 amide bonds. The molecule has 0 saturated carbocycles. The van der Waals surface area contributed by atoms with Gasteiger partial charge in [-0.05, 0) is 30.2 Å². The van der Waals surface area contributed by atoms with Gasteiger partial charge < -0.3 is 15.2 Å². The number of aromatic amines is 1. The average Bonchev–Trinajstić information content (AvgIpc) is 2.72. The molecule has 0 radical (unpaired) electrons. The van der Waals surface area contributed by atoms with Crippen molar-refractivity contribution >= 4 is 5.82 Å². The Morgan fingerprint density at radius 1 is 1.25 bits per heavy atom. The van der Waals surface area contributed by atoms with E-state index in [0.29, 0.717) is 47.2 Å². The summed E-state index contributed by atoms with van der Waals surface area (Å²) in [5.41, 5.74) is 7.70. The molecule has 0 spiro atoms. The zero-order chi connectivity index (χ0) is 14.1. The lowest BCUT2D eigenvalue weighted by Gasteiger charge is -2.15. The first-order chi connectivity index (χ1) is 9.66. The molecule has 0 bridgehead atoms. The Bertz CT molecular complexity index is 625. The summed E-state index contributed by atoms with van der Waals surface area (Å²) < 4.78 is 25.2. The van der Waals surface area contributed by atoms with Gasteiger partial charge in [-0.2, -0.15) is 5.10 Å². The van der Waals surface area contributed by atoms with Gasteiger partial charge in [-0.3, -0.25) is 5.10 Å². The number of H-pyrrole nitrogens is 1. The molecule has 0 aliphatic carbocycles. The second-order valence-corrected chi connectivity index (χ2v) is 4.75. The average molecular weight is 277 g/mol. The van der Waals surface area contributed by atoms with E-state index < -0.39 is 6.17 Å². The highest BCUT2D eigenvalue weighted by atomic mass is 19.1. The number of nitrogen functional groups attached to an aromatic ring is 1. The number of alkyl halides is 1. The van der Waals surface area contributed by atoms with Gasteiger partial charge in [0.25, 0.3) is 0 Å². The van der Waals surface area contributed by atoms with Crippen molar-refractivity contribution in [3.63, 3.8) is 0 Å². The minimum Gasteiger partial charge on any atom is -0.490 e. The second-order valence-electron chi connectivity index (χ2n) is 4.75. The smallest absolute Gasteiger partial charge is 0.161 e. The molecule has 5 nitrogen and oxygen atoms in total. The predicted molar refractivity (Wildman–Crippen MR) is 73.6 cm³/mol. The lowest BCUT2D eigenvalue weighted by molar-refractivity contribution is 0.296. The first-order valence-corrected chi connectivity index (χ1v) is 6.53. The third-order valence-corrected chi connectivity index (χ3v) is 3.31. The van der Waals surface area contributed by atoms with Crippen molar-refractivity contribution in [1.29, 1.82) is 0 Å². The largest absolute Gasteiger partial charge is 0.490 e. The summed E-state index contributed by atoms with van der Waals surface area (Å²) in [7, 11) is 0. The Morgan fingerprint density at radius 2 is 1.95 bits per heavy atom. The summed E-state index contributed by atoms with van der Waals surface area (Å²) in [6.45, 7) is 2.64. The summed E-state index contributed by atoms with van der Waals surface area (Å²) in [6, 6.07) is 3.46. The van der Waals surface area contributed by atoms with Crippen molar-refractivity contribution in [3.8, 4) is 22.6 Å². The van der Waals surface area contributed by atoms with Crippen molar-refractivity contribution in [2.75, 3.05) is 18.9 Å². The number of aromatic nitrogens is 2. The van der Waals surface area contributed by atoms with Crippen LogP contribution < -0.4 is 15.2 Å². The van der Waals surface area contributed by atoms with Crippen LogP contribution in [-0.2, 0) is 0 Å². The van der Waals surface area contributed by atoms with Crippen LogP contribution in [0.2, 0.25) is 0 Å². The number of hydrogen-bond acceptors (Lipinski definition) is 4. The van der Waals surface area contributed by atoms with Crippen LogP contribution in [0.25, 0.3) is 11.1 Å². The number of benzene rings is 1. The number of fused-ring (bicyclic) bond motifs is 1. The third-order valence-electron chi connectivity index (χ3n) is 3.31. The van der Waals surface area contributed by atoms with Crippen LogP contribution in [0.4, 0.5) is 10.2 Å². The van der Waals surface area contributed by atoms with Crippen molar-refractivity contribution < 1.29 is 13.9 Å². The van der Waals surface area contributed by atoms with Crippen molar-refractivity contribution in [2.24, 2.45) is 0 Å². The fraction of sp³-hybridized carbons (Fsp3) is 0.357. The fourth-order valence-electron chi connectivity index (χ4n) is 2.30. The van der Waals surface area contributed by atoms with Crippen LogP contribution in [-0.4, -0.2) is 23.4 Å². The van der Waals surface area contributed by atoms with Gasteiger partial charge >= 0.3 is 0 Å². The van der Waals surface area contributed by atoms with Gasteiger partial charge in [-0.25, -0.2) is 4.39 Å². The Kier molecular flexibility index (Phi) is 3.22. The molecule has 3 rings (SSSR count). The summed E-state index contributed by atoms with van der Waals surface area (Å²) in [6.07, 6.45) is 1.25. The molecule has 106 valence electrons. The standard InChI is InChI=1S/C14H16FN3O2/c1-8(15)9-5-12-13(20-4-2-3-19-12)6-10(9)11-7-17-18-14(11)16/h5-8H,2-4H2,1H3,(H3,16,17,18). The van der Waals surface area contributed by atoms with E-state index in [4.69, 9.17) is 15.2 Å². The summed E-state index contributed by atoms with van der Waals surface area (Å²) in [5.74, 6) is 1.59. The Morgan fingerprint density at radius 3 is 2.55 bits per heavy atom. The number of nitrogens with zero attached hydrogens (tertiary/aromatic N) is 1. The van der Waals surface area contributed by atoms with E-state index >= 15 is 0 Å². The van der Waals surface area contributed by atoms with E-state index in [1.807, 2.05) is 0 Å². The van der Waals surface area contributed by atoms with E-state index in [0.717, 1.165) is 6.42 Å². The molecular formula is C14H16FN3O2. The van der Waals surface area contributed by atoms with Crippen LogP contribution in [0.5, 0.6) is 11.5 Å². The maximum atomic E-state index is 13.9. The van der Waals surface area contributed by atoms with Crippen molar-refractivity contribution in [3.05, 3.63) is 23.9 Å². The molecule has 6 heteroatoms. The van der Waals surface area contributed by atoms with Gasteiger partial charge in [0.15, 0.2) is 11.5 Å². The van der Waals surface area contributed by atoms with E-state index in [1.54, 1.807) is 18.3 Å². The van der Waals surface area contributed by atoms with Gasteiger partial charge in [0.05, 0.1) is 19.4 Å². The van der Waals surface area contributed by atoms with Crippen LogP contribution in [0.15, 0.2) is 18.3 Å². The summed E-state index contributed by atoms with van der Waals surface area (Å²) in [4.78, 5) is 0. The minimum atomic E-state index is -1.14. The van der Waals surface area contributed by atoms with Crippen LogP contribution in [0, 0.1) is 0 Å². The maximum absolute atomic E-state index is 13.9. The zero-order valence-corrected chi connectivity index (χ0v) is 11.1. The predicted octanol–water partition coefficient (Wildman–Crippen LogP) is 2.85. The molecule has 1 atom stereocenters. The van der Waals surface area contributed by atoms with Gasteiger partial charge in [0.1, 0.15) is 12.0 Å². The monoisotopic (exact) mass is 277 g/mol. The molecule has 1 unspecified atom stereocenters. The lowest BCUT2D eigenvalue weighted by Crippen LogP contribution is -1.98. The van der Waals surface area contributed by atoms with E-state index in [1.165, 1.54) is 6.92 Å². The summed E-state index contributed by atoms with van der Waals surface area (Å²) in [5, 5.41) is 6.54. The van der Waals surface area contributed by atoms with Gasteiger partial charge in [-0.1, -0.05) is 0 Å². The molecule has 1 aliphatic heterocycles. The molecule has 2 aromatic rings. The fourth-order valence-corrected chi connectivity index (χ4v) is 2.30. The Labute approximate surface area is 115 Å². The number of rotatable bonds is 2. The lowest BCUT2D eigenvalue weighted by atomic mass is 9.98. The van der Waals surface area contributed by atoms with Gasteiger partial charge in [0, 0.05) is 12.0 Å². The van der Waals surface area contributed by atoms with Crippen molar-refractivity contribution in [1.82, 2.24) is 10.2 Å². The molecule has 1 aromatic carbocycles. The minimum absolute atomic E-state index is 0.404.